The zero-order valence-electron chi connectivity index (χ0n) is 15.6. The van der Waals surface area contributed by atoms with E-state index in [1.807, 2.05) is 12.1 Å². The van der Waals surface area contributed by atoms with E-state index >= 15 is 0 Å². The highest BCUT2D eigenvalue weighted by Crippen LogP contribution is 2.18. The van der Waals surface area contributed by atoms with Crippen molar-refractivity contribution in [3.8, 4) is 17.2 Å². The molecule has 0 aliphatic heterocycles. The lowest BCUT2D eigenvalue weighted by atomic mass is 10.0. The predicted molar refractivity (Wildman–Crippen MR) is 107 cm³/mol. The third kappa shape index (κ3) is 5.33. The summed E-state index contributed by atoms with van der Waals surface area (Å²) in [6, 6.07) is 7.13. The molecule has 10 nitrogen and oxygen atoms in total. The van der Waals surface area contributed by atoms with Crippen LogP contribution in [0.5, 0.6) is 17.2 Å². The minimum atomic E-state index is -0.612. The summed E-state index contributed by atoms with van der Waals surface area (Å²) in [7, 11) is 4.03. The molecule has 0 aliphatic carbocycles. The van der Waals surface area contributed by atoms with Crippen molar-refractivity contribution in [2.24, 2.45) is 0 Å². The van der Waals surface area contributed by atoms with E-state index in [4.69, 9.17) is 26.3 Å². The first kappa shape index (κ1) is 25.6. The van der Waals surface area contributed by atoms with Gasteiger partial charge < -0.3 is 19.7 Å². The van der Waals surface area contributed by atoms with E-state index in [1.165, 1.54) is 21.3 Å². The first-order chi connectivity index (χ1) is 13.3. The maximum absolute atomic E-state index is 11.3. The van der Waals surface area contributed by atoms with Crippen LogP contribution in [0.25, 0.3) is 0 Å². The van der Waals surface area contributed by atoms with Crippen LogP contribution in [0.4, 0.5) is 0 Å². The second-order valence-electron chi connectivity index (χ2n) is 5.20. The molecule has 0 bridgehead atoms. The molecule has 0 saturated carbocycles. The fourth-order valence-electron chi connectivity index (χ4n) is 2.32. The van der Waals surface area contributed by atoms with Crippen LogP contribution in [0.1, 0.15) is 11.1 Å². The SMILES string of the molecule is COc1c(Cc2ccc(Cl)cc2)c(=O)c1=O.COc1c(OC)c(=O)c1=O.O.O=O. The van der Waals surface area contributed by atoms with Crippen molar-refractivity contribution in [3.63, 3.8) is 0 Å². The molecule has 0 radical (unpaired) electrons. The molecule has 0 atom stereocenters. The Morgan fingerprint density at radius 2 is 1.07 bits per heavy atom. The van der Waals surface area contributed by atoms with E-state index in [0.717, 1.165) is 5.56 Å². The molecular formula is C18H17ClO10. The van der Waals surface area contributed by atoms with Crippen LogP contribution in [0.15, 0.2) is 43.4 Å². The molecule has 0 aliphatic rings. The van der Waals surface area contributed by atoms with Crippen molar-refractivity contribution in [2.75, 3.05) is 21.3 Å². The minimum absolute atomic E-state index is 0. The Balaban J connectivity index is 0.000000524. The molecule has 11 heteroatoms. The monoisotopic (exact) mass is 428 g/mol. The molecule has 0 saturated heterocycles. The van der Waals surface area contributed by atoms with Gasteiger partial charge in [0.15, 0.2) is 5.75 Å². The highest BCUT2D eigenvalue weighted by Gasteiger charge is 2.22. The maximum atomic E-state index is 11.3. The van der Waals surface area contributed by atoms with Crippen LogP contribution in [-0.4, -0.2) is 26.8 Å². The Labute approximate surface area is 168 Å². The Kier molecular flexibility index (Phi) is 10.1. The minimum Gasteiger partial charge on any atom is -0.492 e. The van der Waals surface area contributed by atoms with Crippen molar-refractivity contribution in [1.29, 1.82) is 0 Å². The van der Waals surface area contributed by atoms with Gasteiger partial charge in [0.05, 0.1) is 26.9 Å². The van der Waals surface area contributed by atoms with Crippen LogP contribution in [-0.2, 0) is 6.42 Å². The second-order valence-corrected chi connectivity index (χ2v) is 5.63. The number of halogens is 1. The number of benzene rings is 1. The van der Waals surface area contributed by atoms with Crippen LogP contribution in [0.2, 0.25) is 5.02 Å². The molecule has 0 spiro atoms. The maximum Gasteiger partial charge on any atom is 0.275 e. The normalized spacial score (nSPS) is 9.38. The van der Waals surface area contributed by atoms with Gasteiger partial charge in [-0.2, -0.15) is 0 Å². The van der Waals surface area contributed by atoms with E-state index < -0.39 is 21.7 Å². The van der Waals surface area contributed by atoms with E-state index in [2.05, 4.69) is 9.47 Å². The molecule has 2 N–H and O–H groups in total. The largest absolute Gasteiger partial charge is 0.492 e. The molecular weight excluding hydrogens is 412 g/mol. The van der Waals surface area contributed by atoms with Gasteiger partial charge in [-0.15, -0.1) is 0 Å². The van der Waals surface area contributed by atoms with Crippen molar-refractivity contribution < 1.29 is 19.7 Å². The van der Waals surface area contributed by atoms with Crippen molar-refractivity contribution >= 4 is 11.6 Å². The summed E-state index contributed by atoms with van der Waals surface area (Å²) in [6.45, 7) is 0. The van der Waals surface area contributed by atoms with E-state index in [0.29, 0.717) is 17.0 Å². The van der Waals surface area contributed by atoms with Gasteiger partial charge in [0, 0.05) is 21.4 Å². The fraction of sp³-hybridized carbons (Fsp3) is 0.222. The zero-order chi connectivity index (χ0) is 21.4. The summed E-state index contributed by atoms with van der Waals surface area (Å²) in [6.07, 6.45) is 0.408. The lowest BCUT2D eigenvalue weighted by Crippen LogP contribution is -2.36. The van der Waals surface area contributed by atoms with Crippen molar-refractivity contribution in [2.45, 2.75) is 6.42 Å². The molecule has 0 amide bonds. The van der Waals surface area contributed by atoms with Crippen LogP contribution < -0.4 is 35.9 Å². The summed E-state index contributed by atoms with van der Waals surface area (Å²) in [5.41, 5.74) is -0.846. The second kappa shape index (κ2) is 11.5. The summed E-state index contributed by atoms with van der Waals surface area (Å²) in [4.78, 5) is 57.5. The third-order valence-corrected chi connectivity index (χ3v) is 3.94. The Hall–Kier alpha value is -3.37. The molecule has 3 aromatic rings. The molecule has 0 heterocycles. The average Bonchev–Trinajstić information content (AvgIpc) is 2.73. The third-order valence-electron chi connectivity index (χ3n) is 3.69. The lowest BCUT2D eigenvalue weighted by molar-refractivity contribution is 0.339. The first-order valence-electron chi connectivity index (χ1n) is 7.54. The van der Waals surface area contributed by atoms with Gasteiger partial charge in [0.25, 0.3) is 16.3 Å². The van der Waals surface area contributed by atoms with Crippen molar-refractivity contribution in [1.82, 2.24) is 0 Å². The predicted octanol–water partition coefficient (Wildman–Crippen LogP) is 0.0775. The van der Waals surface area contributed by atoms with Gasteiger partial charge in [-0.3, -0.25) is 19.2 Å². The van der Waals surface area contributed by atoms with Crippen molar-refractivity contribution in [3.05, 3.63) is 91.2 Å². The van der Waals surface area contributed by atoms with Gasteiger partial charge >= 0.3 is 0 Å². The number of ether oxygens (including phenoxy) is 3. The Morgan fingerprint density at radius 3 is 1.45 bits per heavy atom. The zero-order valence-corrected chi connectivity index (χ0v) is 16.3. The van der Waals surface area contributed by atoms with E-state index in [1.54, 1.807) is 12.1 Å². The van der Waals surface area contributed by atoms with Gasteiger partial charge in [-0.1, -0.05) is 23.7 Å². The molecule has 3 aromatic carbocycles. The van der Waals surface area contributed by atoms with E-state index in [9.17, 15) is 19.2 Å². The Bertz CT molecular complexity index is 1040. The number of rotatable bonds is 5. The number of hydrogen-bond acceptors (Lipinski definition) is 9. The lowest BCUT2D eigenvalue weighted by Gasteiger charge is -2.09. The topological polar surface area (TPSA) is 162 Å². The standard InChI is InChI=1S/C12H9ClO3.C6H6O4.O2.H2O/c1-16-12-9(10(14)11(12)15)6-7-2-4-8(13)5-3-7;1-9-5-3(7)4(8)6(5)10-2;1-2;/h2-5H,6H2,1H3;1-2H3;;1H2. The van der Waals surface area contributed by atoms with Crippen LogP contribution in [0.3, 0.4) is 0 Å². The summed E-state index contributed by atoms with van der Waals surface area (Å²) < 4.78 is 14.0. The molecule has 0 aromatic heterocycles. The van der Waals surface area contributed by atoms with E-state index in [-0.39, 0.29) is 22.7 Å². The van der Waals surface area contributed by atoms with Crippen LogP contribution in [0, 0.1) is 9.93 Å². The first-order valence-corrected chi connectivity index (χ1v) is 7.92. The van der Waals surface area contributed by atoms with Crippen LogP contribution >= 0.6 is 11.6 Å². The molecule has 156 valence electrons. The quantitative estimate of drug-likeness (QED) is 0.512. The molecule has 29 heavy (non-hydrogen) atoms. The average molecular weight is 429 g/mol. The number of methoxy groups -OCH3 is 3. The van der Waals surface area contributed by atoms with Gasteiger partial charge in [-0.25, -0.2) is 0 Å². The Morgan fingerprint density at radius 1 is 0.690 bits per heavy atom. The van der Waals surface area contributed by atoms with Gasteiger partial charge in [-0.05, 0) is 17.7 Å². The molecule has 0 unspecified atom stereocenters. The summed E-state index contributed by atoms with van der Waals surface area (Å²) >= 11 is 5.75. The highest BCUT2D eigenvalue weighted by atomic mass is 35.5. The summed E-state index contributed by atoms with van der Waals surface area (Å²) in [5, 5.41) is 0.640. The fourth-order valence-corrected chi connectivity index (χ4v) is 2.45. The smallest absolute Gasteiger partial charge is 0.275 e. The highest BCUT2D eigenvalue weighted by molar-refractivity contribution is 6.30. The summed E-state index contributed by atoms with van der Waals surface area (Å²) in [5.74, 6) is 0.222. The van der Waals surface area contributed by atoms with Gasteiger partial charge in [0.2, 0.25) is 16.9 Å². The van der Waals surface area contributed by atoms with Gasteiger partial charge in [0.1, 0.15) is 0 Å². The number of hydrogen-bond donors (Lipinski definition) is 0. The molecule has 3 rings (SSSR count). The molecule has 0 fully saturated rings.